The van der Waals surface area contributed by atoms with Crippen LogP contribution in [0.25, 0.3) is 10.8 Å². The molecule has 0 atom stereocenters. The summed E-state index contributed by atoms with van der Waals surface area (Å²) in [5, 5.41) is 4.34. The van der Waals surface area contributed by atoms with Gasteiger partial charge in [0.2, 0.25) is 5.91 Å². The van der Waals surface area contributed by atoms with Crippen molar-refractivity contribution in [3.05, 3.63) is 47.5 Å². The molecule has 1 aliphatic rings. The molecule has 0 bridgehead atoms. The van der Waals surface area contributed by atoms with E-state index in [4.69, 9.17) is 0 Å². The highest BCUT2D eigenvalue weighted by molar-refractivity contribution is 6.25. The van der Waals surface area contributed by atoms with E-state index < -0.39 is 0 Å². The average molecular weight is 310 g/mol. The third-order valence-electron chi connectivity index (χ3n) is 3.87. The Morgan fingerprint density at radius 1 is 1.04 bits per heavy atom. The molecule has 1 N–H and O–H groups in total. The summed E-state index contributed by atoms with van der Waals surface area (Å²) < 4.78 is 0. The van der Waals surface area contributed by atoms with Crippen LogP contribution in [0.15, 0.2) is 36.4 Å². The Morgan fingerprint density at radius 3 is 2.13 bits per heavy atom. The quantitative estimate of drug-likeness (QED) is 0.882. The molecule has 0 saturated carbocycles. The largest absolute Gasteiger partial charge is 0.354 e. The molecule has 0 saturated heterocycles. The van der Waals surface area contributed by atoms with Gasteiger partial charge in [0, 0.05) is 35.5 Å². The number of hydrogen-bond acceptors (Lipinski definition) is 3. The van der Waals surface area contributed by atoms with Crippen LogP contribution in [0.4, 0.5) is 0 Å². The molecular formula is C18H18N2O3. The van der Waals surface area contributed by atoms with Crippen molar-refractivity contribution in [2.24, 2.45) is 0 Å². The lowest BCUT2D eigenvalue weighted by Crippen LogP contribution is -2.42. The van der Waals surface area contributed by atoms with Crippen molar-refractivity contribution in [3.8, 4) is 0 Å². The predicted molar refractivity (Wildman–Crippen MR) is 87.2 cm³/mol. The van der Waals surface area contributed by atoms with Gasteiger partial charge in [0.15, 0.2) is 0 Å². The lowest BCUT2D eigenvalue weighted by atomic mass is 9.94. The van der Waals surface area contributed by atoms with E-state index in [1.54, 1.807) is 24.3 Å². The van der Waals surface area contributed by atoms with Crippen molar-refractivity contribution in [3.63, 3.8) is 0 Å². The molecule has 0 unspecified atom stereocenters. The highest BCUT2D eigenvalue weighted by Crippen LogP contribution is 2.29. The van der Waals surface area contributed by atoms with E-state index in [-0.39, 0.29) is 36.7 Å². The van der Waals surface area contributed by atoms with Gasteiger partial charge in [0.1, 0.15) is 0 Å². The van der Waals surface area contributed by atoms with Gasteiger partial charge in [-0.1, -0.05) is 24.3 Å². The number of nitrogens with one attached hydrogen (secondary N) is 1. The molecule has 0 radical (unpaired) electrons. The fraction of sp³-hybridized carbons (Fsp3) is 0.278. The molecule has 118 valence electrons. The minimum absolute atomic E-state index is 0.0322. The summed E-state index contributed by atoms with van der Waals surface area (Å²) >= 11 is 0. The molecule has 0 aromatic heterocycles. The Bertz CT molecular complexity index is 760. The zero-order valence-corrected chi connectivity index (χ0v) is 13.1. The molecule has 5 nitrogen and oxygen atoms in total. The van der Waals surface area contributed by atoms with Gasteiger partial charge in [0.05, 0.1) is 0 Å². The van der Waals surface area contributed by atoms with Crippen molar-refractivity contribution >= 4 is 28.5 Å². The second-order valence-electron chi connectivity index (χ2n) is 5.94. The van der Waals surface area contributed by atoms with Crippen LogP contribution in [0.3, 0.4) is 0 Å². The van der Waals surface area contributed by atoms with E-state index >= 15 is 0 Å². The number of amides is 3. The Hall–Kier alpha value is -2.69. The summed E-state index contributed by atoms with van der Waals surface area (Å²) in [4.78, 5) is 38.2. The minimum Gasteiger partial charge on any atom is -0.354 e. The lowest BCUT2D eigenvalue weighted by molar-refractivity contribution is -0.121. The van der Waals surface area contributed by atoms with Crippen LogP contribution in [-0.2, 0) is 4.79 Å². The average Bonchev–Trinajstić information content (AvgIpc) is 2.51. The first-order valence-corrected chi connectivity index (χ1v) is 7.66. The molecule has 2 aromatic rings. The van der Waals surface area contributed by atoms with Gasteiger partial charge >= 0.3 is 0 Å². The first kappa shape index (κ1) is 15.2. The maximum absolute atomic E-state index is 12.6. The van der Waals surface area contributed by atoms with E-state index in [2.05, 4.69) is 5.32 Å². The number of nitrogens with zero attached hydrogens (tertiary/aromatic N) is 1. The van der Waals surface area contributed by atoms with Gasteiger partial charge in [0.25, 0.3) is 11.8 Å². The molecule has 3 rings (SSSR count). The number of hydrogen-bond donors (Lipinski definition) is 1. The standard InChI is InChI=1S/C18H18N2O3/c1-11(2)19-15(21)9-10-20-17(22)13-7-3-5-12-6-4-8-14(16(12)13)18(20)23/h3-8,11H,9-10H2,1-2H3,(H,19,21). The van der Waals surface area contributed by atoms with Gasteiger partial charge in [-0.2, -0.15) is 0 Å². The van der Waals surface area contributed by atoms with Crippen molar-refractivity contribution in [1.82, 2.24) is 10.2 Å². The second-order valence-corrected chi connectivity index (χ2v) is 5.94. The second kappa shape index (κ2) is 5.83. The van der Waals surface area contributed by atoms with Crippen molar-refractivity contribution < 1.29 is 14.4 Å². The Balaban J connectivity index is 1.90. The number of rotatable bonds is 4. The number of imide groups is 1. The van der Waals surface area contributed by atoms with Gasteiger partial charge in [-0.05, 0) is 31.4 Å². The van der Waals surface area contributed by atoms with Crippen molar-refractivity contribution in [2.45, 2.75) is 26.3 Å². The summed E-state index contributed by atoms with van der Waals surface area (Å²) in [5.41, 5.74) is 1.03. The van der Waals surface area contributed by atoms with Gasteiger partial charge in [-0.15, -0.1) is 0 Å². The summed E-state index contributed by atoms with van der Waals surface area (Å²) in [6.07, 6.45) is 0.105. The molecule has 23 heavy (non-hydrogen) atoms. The predicted octanol–water partition coefficient (Wildman–Crippen LogP) is 2.35. The molecule has 1 aliphatic heterocycles. The highest BCUT2D eigenvalue weighted by Gasteiger charge is 2.32. The molecule has 5 heteroatoms. The topological polar surface area (TPSA) is 66.5 Å². The van der Waals surface area contributed by atoms with Crippen molar-refractivity contribution in [2.75, 3.05) is 6.54 Å². The molecule has 1 heterocycles. The van der Waals surface area contributed by atoms with Crippen molar-refractivity contribution in [1.29, 1.82) is 0 Å². The SMILES string of the molecule is CC(C)NC(=O)CCN1C(=O)c2cccc3cccc(c23)C1=O. The normalized spacial score (nSPS) is 13.8. The molecule has 0 spiro atoms. The summed E-state index contributed by atoms with van der Waals surface area (Å²) in [6, 6.07) is 10.9. The molecule has 0 aliphatic carbocycles. The van der Waals surface area contributed by atoms with E-state index in [9.17, 15) is 14.4 Å². The highest BCUT2D eigenvalue weighted by atomic mass is 16.2. The Morgan fingerprint density at radius 2 is 1.61 bits per heavy atom. The number of carbonyl (C=O) groups excluding carboxylic acids is 3. The van der Waals surface area contributed by atoms with Gasteiger partial charge in [-0.3, -0.25) is 19.3 Å². The van der Waals surface area contributed by atoms with E-state index in [0.717, 1.165) is 10.3 Å². The Kier molecular flexibility index (Phi) is 3.86. The molecular weight excluding hydrogens is 292 g/mol. The van der Waals surface area contributed by atoms with Gasteiger partial charge < -0.3 is 5.32 Å². The van der Waals surface area contributed by atoms with Crippen LogP contribution < -0.4 is 5.32 Å². The summed E-state index contributed by atoms with van der Waals surface area (Å²) in [5.74, 6) is -0.842. The summed E-state index contributed by atoms with van der Waals surface area (Å²) in [7, 11) is 0. The van der Waals surface area contributed by atoms with Crippen LogP contribution in [0.1, 0.15) is 41.0 Å². The molecule has 2 aromatic carbocycles. The van der Waals surface area contributed by atoms with E-state index in [1.807, 2.05) is 26.0 Å². The van der Waals surface area contributed by atoms with E-state index in [1.165, 1.54) is 0 Å². The fourth-order valence-electron chi connectivity index (χ4n) is 2.89. The van der Waals surface area contributed by atoms with Gasteiger partial charge in [-0.25, -0.2) is 0 Å². The number of benzene rings is 2. The fourth-order valence-corrected chi connectivity index (χ4v) is 2.89. The lowest BCUT2D eigenvalue weighted by Gasteiger charge is -2.27. The number of carbonyl (C=O) groups is 3. The molecule has 3 amide bonds. The first-order valence-electron chi connectivity index (χ1n) is 7.66. The minimum atomic E-state index is -0.336. The zero-order valence-electron chi connectivity index (χ0n) is 13.1. The third kappa shape index (κ3) is 2.70. The van der Waals surface area contributed by atoms with Crippen LogP contribution in [0.5, 0.6) is 0 Å². The van der Waals surface area contributed by atoms with Crippen LogP contribution in [0.2, 0.25) is 0 Å². The van der Waals surface area contributed by atoms with E-state index in [0.29, 0.717) is 16.5 Å². The van der Waals surface area contributed by atoms with Crippen LogP contribution in [-0.4, -0.2) is 35.2 Å². The molecule has 0 fully saturated rings. The zero-order chi connectivity index (χ0) is 16.6. The first-order chi connectivity index (χ1) is 11.0. The Labute approximate surface area is 134 Å². The monoisotopic (exact) mass is 310 g/mol. The van der Waals surface area contributed by atoms with Crippen LogP contribution in [0, 0.1) is 0 Å². The third-order valence-corrected chi connectivity index (χ3v) is 3.87. The van der Waals surface area contributed by atoms with Crippen LogP contribution >= 0.6 is 0 Å². The maximum Gasteiger partial charge on any atom is 0.261 e. The maximum atomic E-state index is 12.6. The summed E-state index contributed by atoms with van der Waals surface area (Å²) in [6.45, 7) is 3.82. The smallest absolute Gasteiger partial charge is 0.261 e.